The number of likely N-dealkylation sites (tertiary alicyclic amines) is 1. The van der Waals surface area contributed by atoms with Crippen molar-refractivity contribution in [3.63, 3.8) is 0 Å². The number of hydrogen-bond donors (Lipinski definition) is 1. The predicted molar refractivity (Wildman–Crippen MR) is 80.9 cm³/mol. The van der Waals surface area contributed by atoms with Crippen molar-refractivity contribution in [2.75, 3.05) is 32.8 Å². The zero-order valence-corrected chi connectivity index (χ0v) is 12.8. The summed E-state index contributed by atoms with van der Waals surface area (Å²) in [6, 6.07) is 0.808. The molecule has 4 fully saturated rings. The van der Waals surface area contributed by atoms with Gasteiger partial charge in [-0.3, -0.25) is 4.90 Å². The van der Waals surface area contributed by atoms with Crippen molar-refractivity contribution in [1.82, 2.24) is 10.2 Å². The van der Waals surface area contributed by atoms with E-state index in [1.807, 2.05) is 0 Å². The summed E-state index contributed by atoms with van der Waals surface area (Å²) in [6.07, 6.45) is 12.3. The molecule has 0 aromatic rings. The summed E-state index contributed by atoms with van der Waals surface area (Å²) in [5.41, 5.74) is 0.903. The Morgan fingerprint density at radius 1 is 1.05 bits per heavy atom. The third-order valence-electron chi connectivity index (χ3n) is 6.50. The summed E-state index contributed by atoms with van der Waals surface area (Å²) in [4.78, 5) is 2.85. The molecule has 1 N–H and O–H groups in total. The van der Waals surface area contributed by atoms with E-state index in [1.54, 1.807) is 0 Å². The van der Waals surface area contributed by atoms with Crippen molar-refractivity contribution in [3.8, 4) is 0 Å². The molecular formula is C17H30N2O. The van der Waals surface area contributed by atoms with E-state index in [2.05, 4.69) is 10.2 Å². The fourth-order valence-electron chi connectivity index (χ4n) is 5.17. The molecule has 2 unspecified atom stereocenters. The Morgan fingerprint density at radius 2 is 1.95 bits per heavy atom. The highest BCUT2D eigenvalue weighted by Crippen LogP contribution is 2.45. The molecule has 114 valence electrons. The van der Waals surface area contributed by atoms with Gasteiger partial charge < -0.3 is 10.1 Å². The van der Waals surface area contributed by atoms with Gasteiger partial charge in [-0.25, -0.2) is 0 Å². The van der Waals surface area contributed by atoms with Crippen molar-refractivity contribution in [2.24, 2.45) is 5.41 Å². The molecule has 20 heavy (non-hydrogen) atoms. The van der Waals surface area contributed by atoms with E-state index in [4.69, 9.17) is 4.74 Å². The minimum absolute atomic E-state index is 0.304. The Balaban J connectivity index is 1.42. The van der Waals surface area contributed by atoms with Crippen LogP contribution >= 0.6 is 0 Å². The number of nitrogens with one attached hydrogen (secondary N) is 1. The quantitative estimate of drug-likeness (QED) is 0.798. The molecular weight excluding hydrogens is 248 g/mol. The van der Waals surface area contributed by atoms with Crippen LogP contribution in [0.3, 0.4) is 0 Å². The summed E-state index contributed by atoms with van der Waals surface area (Å²) in [5.74, 6) is 0. The van der Waals surface area contributed by atoms with Crippen LogP contribution in [0.1, 0.15) is 57.8 Å². The fraction of sp³-hybridized carbons (Fsp3) is 1.00. The van der Waals surface area contributed by atoms with Gasteiger partial charge in [0.25, 0.3) is 0 Å². The van der Waals surface area contributed by atoms with Crippen molar-refractivity contribution in [1.29, 1.82) is 0 Å². The van der Waals surface area contributed by atoms with Gasteiger partial charge in [0, 0.05) is 25.7 Å². The Morgan fingerprint density at radius 3 is 2.70 bits per heavy atom. The first-order valence-corrected chi connectivity index (χ1v) is 8.88. The minimum atomic E-state index is 0.304. The molecule has 3 heteroatoms. The molecule has 3 heterocycles. The Kier molecular flexibility index (Phi) is 3.56. The zero-order valence-electron chi connectivity index (χ0n) is 12.8. The van der Waals surface area contributed by atoms with Gasteiger partial charge in [-0.2, -0.15) is 0 Å². The Labute approximate surface area is 123 Å². The molecule has 0 amide bonds. The molecule has 0 radical (unpaired) electrons. The average Bonchev–Trinajstić information content (AvgIpc) is 2.47. The maximum atomic E-state index is 6.12. The van der Waals surface area contributed by atoms with Crippen LogP contribution in [0, 0.1) is 5.41 Å². The molecule has 0 bridgehead atoms. The van der Waals surface area contributed by atoms with Gasteiger partial charge in [-0.15, -0.1) is 0 Å². The molecule has 1 aliphatic carbocycles. The van der Waals surface area contributed by atoms with Crippen LogP contribution in [0.15, 0.2) is 0 Å². The van der Waals surface area contributed by atoms with Crippen molar-refractivity contribution >= 4 is 0 Å². The molecule has 4 rings (SSSR count). The van der Waals surface area contributed by atoms with Crippen LogP contribution in [0.5, 0.6) is 0 Å². The largest absolute Gasteiger partial charge is 0.375 e. The molecule has 2 atom stereocenters. The highest BCUT2D eigenvalue weighted by atomic mass is 16.5. The maximum absolute atomic E-state index is 6.12. The van der Waals surface area contributed by atoms with Crippen molar-refractivity contribution in [3.05, 3.63) is 0 Å². The predicted octanol–water partition coefficient (Wildman–Crippen LogP) is 2.55. The smallest absolute Gasteiger partial charge is 0.0697 e. The third kappa shape index (κ3) is 2.42. The Hall–Kier alpha value is -0.120. The molecule has 1 saturated carbocycles. The highest BCUT2D eigenvalue weighted by molar-refractivity contribution is 4.99. The molecule has 0 aromatic heterocycles. The zero-order chi connectivity index (χ0) is 13.5. The average molecular weight is 278 g/mol. The van der Waals surface area contributed by atoms with Gasteiger partial charge in [-0.05, 0) is 76.3 Å². The van der Waals surface area contributed by atoms with Gasteiger partial charge in [-0.1, -0.05) is 0 Å². The highest BCUT2D eigenvalue weighted by Gasteiger charge is 2.46. The van der Waals surface area contributed by atoms with Gasteiger partial charge in [0.2, 0.25) is 0 Å². The lowest BCUT2D eigenvalue weighted by molar-refractivity contribution is -0.153. The number of hydrogen-bond acceptors (Lipinski definition) is 3. The van der Waals surface area contributed by atoms with Crippen LogP contribution in [-0.4, -0.2) is 49.3 Å². The summed E-state index contributed by atoms with van der Waals surface area (Å²) in [5, 5.41) is 3.66. The van der Waals surface area contributed by atoms with E-state index in [0.717, 1.165) is 12.6 Å². The topological polar surface area (TPSA) is 24.5 Å². The van der Waals surface area contributed by atoms with Crippen LogP contribution < -0.4 is 5.32 Å². The summed E-state index contributed by atoms with van der Waals surface area (Å²) in [7, 11) is 0. The monoisotopic (exact) mass is 278 g/mol. The third-order valence-corrected chi connectivity index (χ3v) is 6.50. The van der Waals surface area contributed by atoms with E-state index < -0.39 is 0 Å². The Bertz CT molecular complexity index is 341. The second-order valence-corrected chi connectivity index (χ2v) is 7.89. The van der Waals surface area contributed by atoms with Gasteiger partial charge in [0.1, 0.15) is 0 Å². The second-order valence-electron chi connectivity index (χ2n) is 7.89. The number of rotatable bonds is 1. The first kappa shape index (κ1) is 13.5. The number of piperidine rings is 2. The number of nitrogens with zero attached hydrogens (tertiary/aromatic N) is 1. The van der Waals surface area contributed by atoms with Crippen molar-refractivity contribution in [2.45, 2.75) is 69.4 Å². The normalized spacial score (nSPS) is 41.7. The van der Waals surface area contributed by atoms with Gasteiger partial charge >= 0.3 is 0 Å². The fourth-order valence-corrected chi connectivity index (χ4v) is 5.17. The van der Waals surface area contributed by atoms with E-state index >= 15 is 0 Å². The number of ether oxygens (including phenoxy) is 1. The van der Waals surface area contributed by atoms with Crippen LogP contribution in [-0.2, 0) is 4.74 Å². The van der Waals surface area contributed by atoms with Gasteiger partial charge in [0.05, 0.1) is 5.60 Å². The SMILES string of the molecule is C1CNCC2(C1)CCCN(C1CCOC3(CCC3)C1)C2. The van der Waals surface area contributed by atoms with E-state index in [9.17, 15) is 0 Å². The maximum Gasteiger partial charge on any atom is 0.0697 e. The first-order valence-electron chi connectivity index (χ1n) is 8.88. The van der Waals surface area contributed by atoms with E-state index in [1.165, 1.54) is 84.0 Å². The van der Waals surface area contributed by atoms with Crippen LogP contribution in [0.2, 0.25) is 0 Å². The molecule has 3 nitrogen and oxygen atoms in total. The van der Waals surface area contributed by atoms with Gasteiger partial charge in [0.15, 0.2) is 0 Å². The summed E-state index contributed by atoms with van der Waals surface area (Å²) < 4.78 is 6.12. The lowest BCUT2D eigenvalue weighted by atomic mass is 9.71. The minimum Gasteiger partial charge on any atom is -0.375 e. The second kappa shape index (κ2) is 5.26. The molecule has 2 spiro atoms. The standard InChI is InChI=1S/C17H30N2O/c1-7-17(8-1)12-15(4-11-20-17)19-10-3-6-16(14-19)5-2-9-18-13-16/h15,18H,1-14H2. The van der Waals surface area contributed by atoms with Crippen LogP contribution in [0.4, 0.5) is 0 Å². The molecule has 0 aromatic carbocycles. The lowest BCUT2D eigenvalue weighted by Gasteiger charge is -2.53. The van der Waals surface area contributed by atoms with Crippen LogP contribution in [0.25, 0.3) is 0 Å². The van der Waals surface area contributed by atoms with E-state index in [-0.39, 0.29) is 0 Å². The van der Waals surface area contributed by atoms with Crippen molar-refractivity contribution < 1.29 is 4.74 Å². The lowest BCUT2D eigenvalue weighted by Crippen LogP contribution is -2.57. The first-order chi connectivity index (χ1) is 9.79. The molecule has 4 aliphatic rings. The molecule has 3 saturated heterocycles. The van der Waals surface area contributed by atoms with E-state index in [0.29, 0.717) is 11.0 Å². The summed E-state index contributed by atoms with van der Waals surface area (Å²) in [6.45, 7) is 6.19. The summed E-state index contributed by atoms with van der Waals surface area (Å²) >= 11 is 0. The molecule has 3 aliphatic heterocycles.